The van der Waals surface area contributed by atoms with Crippen LogP contribution in [0.3, 0.4) is 0 Å². The Morgan fingerprint density at radius 3 is 2.87 bits per heavy atom. The molecule has 2 rings (SSSR count). The molecule has 78 valence electrons. The van der Waals surface area contributed by atoms with Crippen molar-refractivity contribution in [1.82, 2.24) is 19.7 Å². The van der Waals surface area contributed by atoms with E-state index in [9.17, 15) is 4.79 Å². The van der Waals surface area contributed by atoms with Crippen LogP contribution in [0, 0.1) is 6.92 Å². The monoisotopic (exact) mass is 204 g/mol. The number of H-pyrrole nitrogens is 1. The molecule has 0 fully saturated rings. The Labute approximate surface area is 86.8 Å². The number of rotatable bonds is 2. The SMILES string of the molecule is CCc1[nH]n(-c2ccncn2)c(=O)c1C. The molecule has 5 nitrogen and oxygen atoms in total. The molecule has 0 aromatic carbocycles. The van der Waals surface area contributed by atoms with E-state index in [0.29, 0.717) is 5.82 Å². The predicted octanol–water partition coefficient (Wildman–Crippen LogP) is 0.826. The highest BCUT2D eigenvalue weighted by Gasteiger charge is 2.09. The van der Waals surface area contributed by atoms with Crippen LogP contribution in [0.15, 0.2) is 23.4 Å². The Kier molecular flexibility index (Phi) is 2.37. The molecule has 0 radical (unpaired) electrons. The van der Waals surface area contributed by atoms with Crippen LogP contribution in [0.4, 0.5) is 0 Å². The maximum absolute atomic E-state index is 11.8. The summed E-state index contributed by atoms with van der Waals surface area (Å²) in [5, 5.41) is 3.03. The van der Waals surface area contributed by atoms with E-state index in [2.05, 4.69) is 15.1 Å². The van der Waals surface area contributed by atoms with Gasteiger partial charge in [-0.05, 0) is 13.3 Å². The summed E-state index contributed by atoms with van der Waals surface area (Å²) in [6, 6.07) is 1.69. The van der Waals surface area contributed by atoms with Crippen molar-refractivity contribution in [3.05, 3.63) is 40.2 Å². The molecule has 15 heavy (non-hydrogen) atoms. The summed E-state index contributed by atoms with van der Waals surface area (Å²) in [4.78, 5) is 19.6. The van der Waals surface area contributed by atoms with Gasteiger partial charge in [0.05, 0.1) is 0 Å². The average molecular weight is 204 g/mol. The summed E-state index contributed by atoms with van der Waals surface area (Å²) in [5.74, 6) is 0.567. The fraction of sp³-hybridized carbons (Fsp3) is 0.300. The van der Waals surface area contributed by atoms with Gasteiger partial charge in [-0.15, -0.1) is 0 Å². The summed E-state index contributed by atoms with van der Waals surface area (Å²) >= 11 is 0. The lowest BCUT2D eigenvalue weighted by atomic mass is 10.2. The van der Waals surface area contributed by atoms with Gasteiger partial charge in [-0.1, -0.05) is 6.92 Å². The first-order valence-electron chi connectivity index (χ1n) is 4.81. The molecular formula is C10H12N4O. The summed E-state index contributed by atoms with van der Waals surface area (Å²) in [6.07, 6.45) is 3.83. The molecular weight excluding hydrogens is 192 g/mol. The van der Waals surface area contributed by atoms with Crippen molar-refractivity contribution in [2.75, 3.05) is 0 Å². The molecule has 0 amide bonds. The first-order valence-corrected chi connectivity index (χ1v) is 4.81. The van der Waals surface area contributed by atoms with Gasteiger partial charge in [-0.3, -0.25) is 9.89 Å². The molecule has 0 saturated heterocycles. The zero-order chi connectivity index (χ0) is 10.8. The van der Waals surface area contributed by atoms with Gasteiger partial charge >= 0.3 is 0 Å². The smallest absolute Gasteiger partial charge is 0.275 e. The van der Waals surface area contributed by atoms with Gasteiger partial charge in [-0.25, -0.2) is 14.6 Å². The van der Waals surface area contributed by atoms with E-state index in [1.54, 1.807) is 12.3 Å². The molecule has 2 aromatic heterocycles. The summed E-state index contributed by atoms with van der Waals surface area (Å²) in [5.41, 5.74) is 1.64. The number of aryl methyl sites for hydroxylation is 1. The zero-order valence-electron chi connectivity index (χ0n) is 8.69. The highest BCUT2D eigenvalue weighted by atomic mass is 16.1. The quantitative estimate of drug-likeness (QED) is 0.787. The number of nitrogens with one attached hydrogen (secondary N) is 1. The number of aromatic nitrogens is 4. The van der Waals surface area contributed by atoms with E-state index in [4.69, 9.17) is 0 Å². The first kappa shape index (κ1) is 9.64. The Balaban J connectivity index is 2.60. The molecule has 0 saturated carbocycles. The number of hydrogen-bond acceptors (Lipinski definition) is 3. The van der Waals surface area contributed by atoms with Crippen LogP contribution < -0.4 is 5.56 Å². The lowest BCUT2D eigenvalue weighted by Gasteiger charge is -1.98. The lowest BCUT2D eigenvalue weighted by molar-refractivity contribution is 0.789. The summed E-state index contributed by atoms with van der Waals surface area (Å²) in [7, 11) is 0. The van der Waals surface area contributed by atoms with Crippen LogP contribution in [-0.2, 0) is 6.42 Å². The van der Waals surface area contributed by atoms with Crippen molar-refractivity contribution in [1.29, 1.82) is 0 Å². The van der Waals surface area contributed by atoms with Gasteiger partial charge < -0.3 is 0 Å². The van der Waals surface area contributed by atoms with Crippen LogP contribution in [0.2, 0.25) is 0 Å². The molecule has 0 spiro atoms. The maximum atomic E-state index is 11.8. The van der Waals surface area contributed by atoms with Gasteiger partial charge in [-0.2, -0.15) is 0 Å². The molecule has 0 bridgehead atoms. The minimum absolute atomic E-state index is 0.0504. The minimum Gasteiger partial charge on any atom is -0.293 e. The van der Waals surface area contributed by atoms with E-state index in [0.717, 1.165) is 17.7 Å². The van der Waals surface area contributed by atoms with Gasteiger partial charge in [0.2, 0.25) is 0 Å². The van der Waals surface area contributed by atoms with Crippen molar-refractivity contribution in [2.45, 2.75) is 20.3 Å². The van der Waals surface area contributed by atoms with Crippen LogP contribution >= 0.6 is 0 Å². The van der Waals surface area contributed by atoms with Gasteiger partial charge in [0.15, 0.2) is 5.82 Å². The fourth-order valence-electron chi connectivity index (χ4n) is 1.49. The van der Waals surface area contributed by atoms with Crippen molar-refractivity contribution in [3.8, 4) is 5.82 Å². The number of nitrogens with zero attached hydrogens (tertiary/aromatic N) is 3. The molecule has 2 aromatic rings. The highest BCUT2D eigenvalue weighted by Crippen LogP contribution is 2.03. The van der Waals surface area contributed by atoms with Gasteiger partial charge in [0, 0.05) is 23.5 Å². The Morgan fingerprint density at radius 1 is 1.53 bits per heavy atom. The van der Waals surface area contributed by atoms with Gasteiger partial charge in [0.25, 0.3) is 5.56 Å². The summed E-state index contributed by atoms with van der Waals surface area (Å²) in [6.45, 7) is 3.82. The predicted molar refractivity (Wildman–Crippen MR) is 56.1 cm³/mol. The van der Waals surface area contributed by atoms with Crippen LogP contribution in [0.5, 0.6) is 0 Å². The molecule has 0 atom stereocenters. The summed E-state index contributed by atoms with van der Waals surface area (Å²) < 4.78 is 1.44. The van der Waals surface area contributed by atoms with E-state index >= 15 is 0 Å². The number of aromatic amines is 1. The van der Waals surface area contributed by atoms with E-state index in [1.807, 2.05) is 13.8 Å². The molecule has 0 unspecified atom stereocenters. The molecule has 5 heteroatoms. The minimum atomic E-state index is -0.0504. The van der Waals surface area contributed by atoms with Crippen LogP contribution in [0.1, 0.15) is 18.2 Å². The zero-order valence-corrected chi connectivity index (χ0v) is 8.69. The normalized spacial score (nSPS) is 10.5. The Morgan fingerprint density at radius 2 is 2.33 bits per heavy atom. The second-order valence-corrected chi connectivity index (χ2v) is 3.28. The highest BCUT2D eigenvalue weighted by molar-refractivity contribution is 5.24. The van der Waals surface area contributed by atoms with Crippen molar-refractivity contribution < 1.29 is 0 Å². The standard InChI is InChI=1S/C10H12N4O/c1-3-8-7(2)10(15)14(13-8)9-4-5-11-6-12-9/h4-6,13H,3H2,1-2H3. The van der Waals surface area contributed by atoms with Crippen molar-refractivity contribution in [3.63, 3.8) is 0 Å². The van der Waals surface area contributed by atoms with Crippen molar-refractivity contribution in [2.24, 2.45) is 0 Å². The second-order valence-electron chi connectivity index (χ2n) is 3.28. The van der Waals surface area contributed by atoms with E-state index < -0.39 is 0 Å². The second kappa shape index (κ2) is 3.68. The molecule has 1 N–H and O–H groups in total. The Hall–Kier alpha value is -1.91. The largest absolute Gasteiger partial charge is 0.293 e. The third-order valence-electron chi connectivity index (χ3n) is 2.37. The fourth-order valence-corrected chi connectivity index (χ4v) is 1.49. The lowest BCUT2D eigenvalue weighted by Crippen LogP contribution is -2.16. The molecule has 2 heterocycles. The van der Waals surface area contributed by atoms with Gasteiger partial charge in [0.1, 0.15) is 6.33 Å². The average Bonchev–Trinajstić information content (AvgIpc) is 2.57. The van der Waals surface area contributed by atoms with Crippen LogP contribution in [0.25, 0.3) is 5.82 Å². The Bertz CT molecular complexity index is 512. The van der Waals surface area contributed by atoms with Crippen LogP contribution in [-0.4, -0.2) is 19.7 Å². The molecule has 0 aliphatic heterocycles. The molecule has 0 aliphatic rings. The third kappa shape index (κ3) is 1.56. The molecule has 0 aliphatic carbocycles. The maximum Gasteiger partial charge on any atom is 0.275 e. The number of hydrogen-bond donors (Lipinski definition) is 1. The first-order chi connectivity index (χ1) is 7.24. The van der Waals surface area contributed by atoms with Crippen molar-refractivity contribution >= 4 is 0 Å². The van der Waals surface area contributed by atoms with E-state index in [1.165, 1.54) is 11.0 Å². The third-order valence-corrected chi connectivity index (χ3v) is 2.37. The topological polar surface area (TPSA) is 63.6 Å². The van der Waals surface area contributed by atoms with E-state index in [-0.39, 0.29) is 5.56 Å².